The number of nitrogens with zero attached hydrogens (tertiary/aromatic N) is 2. The van der Waals surface area contributed by atoms with E-state index in [-0.39, 0.29) is 6.54 Å². The Morgan fingerprint density at radius 1 is 1.10 bits per heavy atom. The summed E-state index contributed by atoms with van der Waals surface area (Å²) >= 11 is 0. The van der Waals surface area contributed by atoms with Gasteiger partial charge in [0.1, 0.15) is 12.1 Å². The summed E-state index contributed by atoms with van der Waals surface area (Å²) in [6.07, 6.45) is 7.95. The highest BCUT2D eigenvalue weighted by atomic mass is 16.3. The van der Waals surface area contributed by atoms with E-state index in [0.717, 1.165) is 30.1 Å². The van der Waals surface area contributed by atoms with Crippen molar-refractivity contribution >= 4 is 11.9 Å². The SMILES string of the molecule is C/C(=C\C=C(/C)C(O)C1NC(=O)N(Cc2ccccc2)C1=O)CN1CCCCCC1. The molecule has 2 N–H and O–H groups in total. The number of aliphatic hydroxyl groups is 1. The molecule has 2 atom stereocenters. The lowest BCUT2D eigenvalue weighted by Gasteiger charge is -2.20. The van der Waals surface area contributed by atoms with Gasteiger partial charge in [0.2, 0.25) is 0 Å². The van der Waals surface area contributed by atoms with Gasteiger partial charge in [-0.25, -0.2) is 4.79 Å². The van der Waals surface area contributed by atoms with Crippen LogP contribution in [-0.2, 0) is 11.3 Å². The molecule has 2 heterocycles. The first-order valence-corrected chi connectivity index (χ1v) is 10.9. The first-order chi connectivity index (χ1) is 14.5. The van der Waals surface area contributed by atoms with Gasteiger partial charge in [-0.15, -0.1) is 0 Å². The molecule has 30 heavy (non-hydrogen) atoms. The highest BCUT2D eigenvalue weighted by molar-refractivity contribution is 6.04. The molecule has 2 fully saturated rings. The Hall–Kier alpha value is -2.44. The number of hydrogen-bond donors (Lipinski definition) is 2. The molecule has 6 nitrogen and oxygen atoms in total. The van der Waals surface area contributed by atoms with Crippen molar-refractivity contribution in [2.24, 2.45) is 0 Å². The van der Waals surface area contributed by atoms with Crippen molar-refractivity contribution in [2.45, 2.75) is 58.2 Å². The Morgan fingerprint density at radius 2 is 1.77 bits per heavy atom. The number of imide groups is 1. The number of allylic oxidation sites excluding steroid dienone is 2. The maximum absolute atomic E-state index is 12.7. The quantitative estimate of drug-likeness (QED) is 0.534. The summed E-state index contributed by atoms with van der Waals surface area (Å²) < 4.78 is 0. The Bertz CT molecular complexity index is 795. The third-order valence-corrected chi connectivity index (χ3v) is 5.82. The molecular weight excluding hydrogens is 378 g/mol. The van der Waals surface area contributed by atoms with Crippen molar-refractivity contribution in [3.05, 3.63) is 59.2 Å². The molecule has 0 spiro atoms. The van der Waals surface area contributed by atoms with E-state index in [2.05, 4.69) is 17.1 Å². The number of nitrogens with one attached hydrogen (secondary N) is 1. The van der Waals surface area contributed by atoms with Crippen molar-refractivity contribution in [2.75, 3.05) is 19.6 Å². The molecule has 0 aromatic heterocycles. The number of amides is 3. The molecule has 1 aromatic rings. The lowest BCUT2D eigenvalue weighted by Crippen LogP contribution is -2.41. The molecule has 2 unspecified atom stereocenters. The minimum Gasteiger partial charge on any atom is -0.386 e. The van der Waals surface area contributed by atoms with Crippen LogP contribution in [0.15, 0.2) is 53.6 Å². The van der Waals surface area contributed by atoms with Crippen LogP contribution in [-0.4, -0.2) is 58.6 Å². The van der Waals surface area contributed by atoms with E-state index < -0.39 is 24.1 Å². The van der Waals surface area contributed by atoms with Crippen LogP contribution in [0.25, 0.3) is 0 Å². The van der Waals surface area contributed by atoms with Gasteiger partial charge in [-0.05, 0) is 50.9 Å². The van der Waals surface area contributed by atoms with Crippen LogP contribution in [0.3, 0.4) is 0 Å². The maximum Gasteiger partial charge on any atom is 0.325 e. The second-order valence-corrected chi connectivity index (χ2v) is 8.40. The molecule has 0 saturated carbocycles. The lowest BCUT2D eigenvalue weighted by molar-refractivity contribution is -0.129. The average molecular weight is 412 g/mol. The van der Waals surface area contributed by atoms with Crippen LogP contribution in [0.4, 0.5) is 4.79 Å². The number of benzene rings is 1. The molecule has 0 aliphatic carbocycles. The zero-order valence-electron chi connectivity index (χ0n) is 18.0. The van der Waals surface area contributed by atoms with Gasteiger partial charge < -0.3 is 10.4 Å². The predicted octanol–water partition coefficient (Wildman–Crippen LogP) is 3.24. The van der Waals surface area contributed by atoms with E-state index in [1.54, 1.807) is 6.92 Å². The van der Waals surface area contributed by atoms with Gasteiger partial charge in [0.05, 0.1) is 6.54 Å². The second-order valence-electron chi connectivity index (χ2n) is 8.40. The second kappa shape index (κ2) is 10.5. The zero-order chi connectivity index (χ0) is 21.5. The number of rotatable bonds is 7. The van der Waals surface area contributed by atoms with Crippen LogP contribution in [0.2, 0.25) is 0 Å². The number of aliphatic hydroxyl groups excluding tert-OH is 1. The normalized spacial score (nSPS) is 22.8. The predicted molar refractivity (Wildman–Crippen MR) is 118 cm³/mol. The maximum atomic E-state index is 12.7. The van der Waals surface area contributed by atoms with Gasteiger partial charge in [-0.2, -0.15) is 0 Å². The van der Waals surface area contributed by atoms with Crippen molar-refractivity contribution in [3.8, 4) is 0 Å². The highest BCUT2D eigenvalue weighted by Gasteiger charge is 2.42. The van der Waals surface area contributed by atoms with Gasteiger partial charge >= 0.3 is 6.03 Å². The summed E-state index contributed by atoms with van der Waals surface area (Å²) in [7, 11) is 0. The number of carbonyl (C=O) groups excluding carboxylic acids is 2. The molecule has 6 heteroatoms. The molecular formula is C24H33N3O3. The molecule has 1 aromatic carbocycles. The van der Waals surface area contributed by atoms with Gasteiger partial charge in [-0.3, -0.25) is 14.6 Å². The summed E-state index contributed by atoms with van der Waals surface area (Å²) in [6.45, 7) is 7.27. The molecule has 2 aliphatic rings. The summed E-state index contributed by atoms with van der Waals surface area (Å²) in [6, 6.07) is 7.95. The smallest absolute Gasteiger partial charge is 0.325 e. The van der Waals surface area contributed by atoms with E-state index in [1.807, 2.05) is 42.5 Å². The number of likely N-dealkylation sites (tertiary alicyclic amines) is 1. The summed E-state index contributed by atoms with van der Waals surface area (Å²) in [5.41, 5.74) is 2.75. The Labute approximate surface area is 179 Å². The van der Waals surface area contributed by atoms with E-state index in [1.165, 1.54) is 31.3 Å². The number of carbonyl (C=O) groups is 2. The van der Waals surface area contributed by atoms with Gasteiger partial charge in [-0.1, -0.05) is 60.9 Å². The molecule has 3 rings (SSSR count). The minimum absolute atomic E-state index is 0.201. The van der Waals surface area contributed by atoms with Crippen LogP contribution in [0.5, 0.6) is 0 Å². The van der Waals surface area contributed by atoms with Crippen molar-refractivity contribution < 1.29 is 14.7 Å². The van der Waals surface area contributed by atoms with Crippen LogP contribution < -0.4 is 5.32 Å². The third kappa shape index (κ3) is 5.80. The topological polar surface area (TPSA) is 72.9 Å². The largest absolute Gasteiger partial charge is 0.386 e. The molecule has 2 saturated heterocycles. The zero-order valence-corrected chi connectivity index (χ0v) is 18.0. The summed E-state index contributed by atoms with van der Waals surface area (Å²) in [5, 5.41) is 13.3. The monoisotopic (exact) mass is 411 g/mol. The fraction of sp³-hybridized carbons (Fsp3) is 0.500. The highest BCUT2D eigenvalue weighted by Crippen LogP contribution is 2.18. The molecule has 0 bridgehead atoms. The molecule has 3 amide bonds. The summed E-state index contributed by atoms with van der Waals surface area (Å²) in [4.78, 5) is 28.7. The minimum atomic E-state index is -1.05. The van der Waals surface area contributed by atoms with E-state index in [0.29, 0.717) is 5.57 Å². The Morgan fingerprint density at radius 3 is 2.43 bits per heavy atom. The average Bonchev–Trinajstić information content (AvgIpc) is 2.92. The number of urea groups is 1. The third-order valence-electron chi connectivity index (χ3n) is 5.82. The molecule has 2 aliphatic heterocycles. The van der Waals surface area contributed by atoms with Gasteiger partial charge in [0.25, 0.3) is 5.91 Å². The van der Waals surface area contributed by atoms with E-state index in [4.69, 9.17) is 0 Å². The standard InChI is InChI=1S/C24H33N3O3/c1-18(16-26-14-8-3-4-9-15-26)12-13-19(2)22(28)21-23(29)27(24(30)25-21)17-20-10-6-5-7-11-20/h5-7,10-13,21-22,28H,3-4,8-9,14-17H2,1-2H3,(H,25,30)/b18-12+,19-13+. The molecule has 0 radical (unpaired) electrons. The van der Waals surface area contributed by atoms with Crippen LogP contribution in [0, 0.1) is 0 Å². The first-order valence-electron chi connectivity index (χ1n) is 10.9. The fourth-order valence-corrected chi connectivity index (χ4v) is 4.01. The fourth-order valence-electron chi connectivity index (χ4n) is 4.01. The van der Waals surface area contributed by atoms with Crippen LogP contribution >= 0.6 is 0 Å². The lowest BCUT2D eigenvalue weighted by atomic mass is 10.0. The van der Waals surface area contributed by atoms with Gasteiger partial charge in [0.15, 0.2) is 0 Å². The van der Waals surface area contributed by atoms with Gasteiger partial charge in [0, 0.05) is 6.54 Å². The number of hydrogen-bond acceptors (Lipinski definition) is 4. The van der Waals surface area contributed by atoms with E-state index >= 15 is 0 Å². The van der Waals surface area contributed by atoms with Crippen molar-refractivity contribution in [1.82, 2.24) is 15.1 Å². The first kappa shape index (κ1) is 22.2. The Kier molecular flexibility index (Phi) is 7.82. The summed E-state index contributed by atoms with van der Waals surface area (Å²) in [5.74, 6) is -0.394. The Balaban J connectivity index is 1.59. The van der Waals surface area contributed by atoms with Crippen molar-refractivity contribution in [3.63, 3.8) is 0 Å². The van der Waals surface area contributed by atoms with Crippen LogP contribution in [0.1, 0.15) is 45.1 Å². The molecule has 162 valence electrons. The van der Waals surface area contributed by atoms with E-state index in [9.17, 15) is 14.7 Å². The van der Waals surface area contributed by atoms with Crippen molar-refractivity contribution in [1.29, 1.82) is 0 Å².